The van der Waals surface area contributed by atoms with Gasteiger partial charge in [0.25, 0.3) is 0 Å². The van der Waals surface area contributed by atoms with Crippen molar-refractivity contribution in [3.63, 3.8) is 0 Å². The van der Waals surface area contributed by atoms with Crippen molar-refractivity contribution in [1.29, 1.82) is 0 Å². The summed E-state index contributed by atoms with van der Waals surface area (Å²) in [6.45, 7) is 5.28. The van der Waals surface area contributed by atoms with Gasteiger partial charge in [-0.1, -0.05) is 12.1 Å². The zero-order valence-electron chi connectivity index (χ0n) is 16.1. The van der Waals surface area contributed by atoms with Crippen molar-refractivity contribution in [2.75, 3.05) is 51.8 Å². The largest absolute Gasteiger partial charge is 0.497 e. The Balaban J connectivity index is 1.36. The molecule has 27 heavy (non-hydrogen) atoms. The molecule has 0 bridgehead atoms. The molecule has 1 aromatic heterocycles. The summed E-state index contributed by atoms with van der Waals surface area (Å²) in [5, 5.41) is 1.27. The first-order chi connectivity index (χ1) is 13.3. The monoisotopic (exact) mass is 365 g/mol. The third-order valence-electron chi connectivity index (χ3n) is 5.47. The van der Waals surface area contributed by atoms with E-state index in [0.29, 0.717) is 0 Å². The molecule has 2 heterocycles. The SMILES string of the molecule is COc1ccc2[nH]cc(CCN3CCN(c4ccccc4OC)CC3)c2c1. The third-order valence-corrected chi connectivity index (χ3v) is 5.47. The molecule has 1 N–H and O–H groups in total. The normalized spacial score (nSPS) is 15.3. The van der Waals surface area contributed by atoms with Gasteiger partial charge in [-0.05, 0) is 42.3 Å². The lowest BCUT2D eigenvalue weighted by Crippen LogP contribution is -2.47. The molecule has 0 saturated carbocycles. The molecule has 4 rings (SSSR count). The number of hydrogen-bond acceptors (Lipinski definition) is 4. The summed E-state index contributed by atoms with van der Waals surface area (Å²) in [6, 6.07) is 14.5. The van der Waals surface area contributed by atoms with E-state index in [-0.39, 0.29) is 0 Å². The maximum absolute atomic E-state index is 5.51. The van der Waals surface area contributed by atoms with Crippen LogP contribution in [0.15, 0.2) is 48.7 Å². The predicted molar refractivity (Wildman–Crippen MR) is 110 cm³/mol. The summed E-state index contributed by atoms with van der Waals surface area (Å²) in [7, 11) is 3.46. The van der Waals surface area contributed by atoms with Crippen LogP contribution in [0.5, 0.6) is 11.5 Å². The Kier molecular flexibility index (Phi) is 5.21. The average Bonchev–Trinajstić information content (AvgIpc) is 3.14. The Bertz CT molecular complexity index is 897. The summed E-state index contributed by atoms with van der Waals surface area (Å²) in [4.78, 5) is 8.34. The fourth-order valence-corrected chi connectivity index (χ4v) is 3.87. The van der Waals surface area contributed by atoms with E-state index in [9.17, 15) is 0 Å². The summed E-state index contributed by atoms with van der Waals surface area (Å²) in [5.74, 6) is 1.87. The molecule has 3 aromatic rings. The van der Waals surface area contributed by atoms with Crippen LogP contribution < -0.4 is 14.4 Å². The number of hydrogen-bond donors (Lipinski definition) is 1. The number of anilines is 1. The number of methoxy groups -OCH3 is 2. The van der Waals surface area contributed by atoms with Crippen molar-refractivity contribution >= 4 is 16.6 Å². The Morgan fingerprint density at radius 2 is 1.78 bits per heavy atom. The van der Waals surface area contributed by atoms with Crippen LogP contribution >= 0.6 is 0 Å². The van der Waals surface area contributed by atoms with Gasteiger partial charge in [-0.3, -0.25) is 4.90 Å². The van der Waals surface area contributed by atoms with Gasteiger partial charge >= 0.3 is 0 Å². The molecule has 0 radical (unpaired) electrons. The number of fused-ring (bicyclic) bond motifs is 1. The number of aromatic amines is 1. The Hall–Kier alpha value is -2.66. The van der Waals surface area contributed by atoms with Crippen LogP contribution in [-0.2, 0) is 6.42 Å². The van der Waals surface area contributed by atoms with E-state index in [1.165, 1.54) is 22.2 Å². The Morgan fingerprint density at radius 3 is 2.56 bits per heavy atom. The molecule has 2 aromatic carbocycles. The van der Waals surface area contributed by atoms with Crippen LogP contribution in [0, 0.1) is 0 Å². The lowest BCUT2D eigenvalue weighted by molar-refractivity contribution is 0.260. The van der Waals surface area contributed by atoms with Crippen molar-refractivity contribution in [1.82, 2.24) is 9.88 Å². The molecule has 1 aliphatic rings. The second kappa shape index (κ2) is 7.92. The summed E-state index contributed by atoms with van der Waals surface area (Å²) in [6.07, 6.45) is 3.18. The molecule has 1 saturated heterocycles. The first-order valence-electron chi connectivity index (χ1n) is 9.53. The second-order valence-corrected chi connectivity index (χ2v) is 6.98. The van der Waals surface area contributed by atoms with E-state index in [1.54, 1.807) is 14.2 Å². The number of piperazine rings is 1. The van der Waals surface area contributed by atoms with Crippen LogP contribution in [0.4, 0.5) is 5.69 Å². The maximum Gasteiger partial charge on any atom is 0.142 e. The van der Waals surface area contributed by atoms with Crippen LogP contribution in [0.25, 0.3) is 10.9 Å². The number of aromatic nitrogens is 1. The smallest absolute Gasteiger partial charge is 0.142 e. The molecule has 1 aliphatic heterocycles. The number of benzene rings is 2. The van der Waals surface area contributed by atoms with E-state index in [1.807, 2.05) is 18.2 Å². The van der Waals surface area contributed by atoms with Crippen LogP contribution in [0.2, 0.25) is 0 Å². The highest BCUT2D eigenvalue weighted by atomic mass is 16.5. The van der Waals surface area contributed by atoms with E-state index in [4.69, 9.17) is 9.47 Å². The van der Waals surface area contributed by atoms with E-state index in [0.717, 1.165) is 50.6 Å². The molecule has 0 unspecified atom stereocenters. The minimum Gasteiger partial charge on any atom is -0.497 e. The quantitative estimate of drug-likeness (QED) is 0.725. The fourth-order valence-electron chi connectivity index (χ4n) is 3.87. The average molecular weight is 365 g/mol. The standard InChI is InChI=1S/C22H27N3O2/c1-26-18-7-8-20-19(15-18)17(16-23-20)9-10-24-11-13-25(14-12-24)21-5-3-4-6-22(21)27-2/h3-8,15-16,23H,9-14H2,1-2H3. The fraction of sp³-hybridized carbons (Fsp3) is 0.364. The van der Waals surface area contributed by atoms with Crippen molar-refractivity contribution in [3.8, 4) is 11.5 Å². The highest BCUT2D eigenvalue weighted by molar-refractivity contribution is 5.84. The number of H-pyrrole nitrogens is 1. The van der Waals surface area contributed by atoms with Gasteiger partial charge in [0.1, 0.15) is 11.5 Å². The minimum absolute atomic E-state index is 0.911. The van der Waals surface area contributed by atoms with E-state index < -0.39 is 0 Å². The number of nitrogens with zero attached hydrogens (tertiary/aromatic N) is 2. The first kappa shape index (κ1) is 17.7. The van der Waals surface area contributed by atoms with Gasteiger partial charge in [0.15, 0.2) is 0 Å². The first-order valence-corrected chi connectivity index (χ1v) is 9.53. The van der Waals surface area contributed by atoms with Crippen molar-refractivity contribution in [2.45, 2.75) is 6.42 Å². The van der Waals surface area contributed by atoms with E-state index >= 15 is 0 Å². The maximum atomic E-state index is 5.51. The zero-order chi connectivity index (χ0) is 18.6. The van der Waals surface area contributed by atoms with Crippen molar-refractivity contribution in [2.24, 2.45) is 0 Å². The van der Waals surface area contributed by atoms with Gasteiger partial charge in [0.2, 0.25) is 0 Å². The molecule has 5 heteroatoms. The molecular weight excluding hydrogens is 338 g/mol. The molecule has 0 spiro atoms. The number of nitrogens with one attached hydrogen (secondary N) is 1. The van der Waals surface area contributed by atoms with Gasteiger partial charge in [0.05, 0.1) is 19.9 Å². The summed E-state index contributed by atoms with van der Waals surface area (Å²) >= 11 is 0. The predicted octanol–water partition coefficient (Wildman–Crippen LogP) is 3.55. The molecule has 0 amide bonds. The number of ether oxygens (including phenoxy) is 2. The molecule has 0 atom stereocenters. The second-order valence-electron chi connectivity index (χ2n) is 6.98. The van der Waals surface area contributed by atoms with Crippen LogP contribution in [0.1, 0.15) is 5.56 Å². The van der Waals surface area contributed by atoms with Crippen LogP contribution in [0.3, 0.4) is 0 Å². The Morgan fingerprint density at radius 1 is 0.963 bits per heavy atom. The van der Waals surface area contributed by atoms with Gasteiger partial charge in [-0.25, -0.2) is 0 Å². The van der Waals surface area contributed by atoms with Gasteiger partial charge < -0.3 is 19.4 Å². The summed E-state index contributed by atoms with van der Waals surface area (Å²) < 4.78 is 10.9. The van der Waals surface area contributed by atoms with Crippen molar-refractivity contribution in [3.05, 3.63) is 54.2 Å². The lowest BCUT2D eigenvalue weighted by atomic mass is 10.1. The number of para-hydroxylation sites is 2. The minimum atomic E-state index is 0.911. The zero-order valence-corrected chi connectivity index (χ0v) is 16.1. The molecular formula is C22H27N3O2. The van der Waals surface area contributed by atoms with Crippen LogP contribution in [-0.4, -0.2) is 56.8 Å². The molecule has 5 nitrogen and oxygen atoms in total. The molecule has 0 aliphatic carbocycles. The van der Waals surface area contributed by atoms with E-state index in [2.05, 4.69) is 45.2 Å². The van der Waals surface area contributed by atoms with Gasteiger partial charge in [-0.15, -0.1) is 0 Å². The molecule has 142 valence electrons. The summed E-state index contributed by atoms with van der Waals surface area (Å²) in [5.41, 5.74) is 3.73. The molecule has 1 fully saturated rings. The van der Waals surface area contributed by atoms with Crippen molar-refractivity contribution < 1.29 is 9.47 Å². The lowest BCUT2D eigenvalue weighted by Gasteiger charge is -2.36. The number of rotatable bonds is 6. The highest BCUT2D eigenvalue weighted by Crippen LogP contribution is 2.28. The topological polar surface area (TPSA) is 40.7 Å². The van der Waals surface area contributed by atoms with Gasteiger partial charge in [0, 0.05) is 49.8 Å². The van der Waals surface area contributed by atoms with Gasteiger partial charge in [-0.2, -0.15) is 0 Å². The highest BCUT2D eigenvalue weighted by Gasteiger charge is 2.19. The third kappa shape index (κ3) is 3.74. The Labute approximate surface area is 160 Å².